The van der Waals surface area contributed by atoms with Crippen molar-refractivity contribution in [3.63, 3.8) is 0 Å². The highest BCUT2D eigenvalue weighted by Gasteiger charge is 2.30. The highest BCUT2D eigenvalue weighted by atomic mass is 32.2. The van der Waals surface area contributed by atoms with Crippen LogP contribution in [0, 0.1) is 0 Å². The van der Waals surface area contributed by atoms with Gasteiger partial charge in [-0.05, 0) is 30.7 Å². The number of pyridine rings is 1. The largest absolute Gasteiger partial charge is 0.417 e. The molecule has 0 aliphatic rings. The van der Waals surface area contributed by atoms with Crippen molar-refractivity contribution in [3.05, 3.63) is 23.9 Å². The predicted octanol–water partition coefficient (Wildman–Crippen LogP) is 3.75. The van der Waals surface area contributed by atoms with E-state index in [0.29, 0.717) is 5.03 Å². The molecule has 102 valence electrons. The van der Waals surface area contributed by atoms with Crippen molar-refractivity contribution in [3.8, 4) is 0 Å². The van der Waals surface area contributed by atoms with Gasteiger partial charge in [0.15, 0.2) is 0 Å². The normalized spacial score (nSPS) is 11.8. The van der Waals surface area contributed by atoms with Crippen LogP contribution >= 0.6 is 11.8 Å². The van der Waals surface area contributed by atoms with Gasteiger partial charge >= 0.3 is 6.18 Å². The summed E-state index contributed by atoms with van der Waals surface area (Å²) in [7, 11) is 0. The Morgan fingerprint density at radius 1 is 1.11 bits per heavy atom. The van der Waals surface area contributed by atoms with Crippen molar-refractivity contribution in [2.24, 2.45) is 0 Å². The maximum Gasteiger partial charge on any atom is 0.417 e. The van der Waals surface area contributed by atoms with E-state index < -0.39 is 11.7 Å². The lowest BCUT2D eigenvalue weighted by atomic mass is 10.2. The van der Waals surface area contributed by atoms with Crippen LogP contribution in [0.3, 0.4) is 0 Å². The molecule has 0 aliphatic heterocycles. The average molecular weight is 279 g/mol. The standard InChI is InChI=1S/C12H16F3NOS/c13-12(14,15)10-5-6-11(16-9-10)18-8-4-2-1-3-7-17/h5-6,9,17H,1-4,7-8H2. The number of rotatable bonds is 7. The first-order valence-electron chi connectivity index (χ1n) is 5.81. The van der Waals surface area contributed by atoms with E-state index in [1.807, 2.05) is 0 Å². The Labute approximate surface area is 109 Å². The van der Waals surface area contributed by atoms with E-state index in [1.165, 1.54) is 17.8 Å². The van der Waals surface area contributed by atoms with Gasteiger partial charge in [-0.1, -0.05) is 12.8 Å². The van der Waals surface area contributed by atoms with Gasteiger partial charge in [0.05, 0.1) is 10.6 Å². The summed E-state index contributed by atoms with van der Waals surface area (Å²) in [6, 6.07) is 2.46. The number of aliphatic hydroxyl groups is 1. The molecule has 0 bridgehead atoms. The molecule has 0 radical (unpaired) electrons. The lowest BCUT2D eigenvalue weighted by Crippen LogP contribution is -2.05. The van der Waals surface area contributed by atoms with Gasteiger partial charge in [0.2, 0.25) is 0 Å². The molecular formula is C12H16F3NOS. The molecule has 1 heterocycles. The monoisotopic (exact) mass is 279 g/mol. The molecule has 0 atom stereocenters. The van der Waals surface area contributed by atoms with Crippen LogP contribution in [0.25, 0.3) is 0 Å². The smallest absolute Gasteiger partial charge is 0.396 e. The van der Waals surface area contributed by atoms with Gasteiger partial charge in [-0.15, -0.1) is 11.8 Å². The third kappa shape index (κ3) is 5.73. The van der Waals surface area contributed by atoms with Crippen LogP contribution in [0.1, 0.15) is 31.2 Å². The molecule has 1 aromatic rings. The first-order chi connectivity index (χ1) is 8.54. The zero-order valence-corrected chi connectivity index (χ0v) is 10.7. The Morgan fingerprint density at radius 3 is 2.39 bits per heavy atom. The maximum atomic E-state index is 12.3. The minimum Gasteiger partial charge on any atom is -0.396 e. The van der Waals surface area contributed by atoms with Gasteiger partial charge in [-0.25, -0.2) is 4.98 Å². The zero-order chi connectivity index (χ0) is 13.4. The summed E-state index contributed by atoms with van der Waals surface area (Å²) in [5.74, 6) is 0.837. The topological polar surface area (TPSA) is 33.1 Å². The molecule has 18 heavy (non-hydrogen) atoms. The van der Waals surface area contributed by atoms with Crippen molar-refractivity contribution in [1.29, 1.82) is 0 Å². The van der Waals surface area contributed by atoms with E-state index in [2.05, 4.69) is 4.98 Å². The first-order valence-corrected chi connectivity index (χ1v) is 6.79. The number of aliphatic hydroxyl groups excluding tert-OH is 1. The quantitative estimate of drug-likeness (QED) is 0.609. The zero-order valence-electron chi connectivity index (χ0n) is 9.91. The van der Waals surface area contributed by atoms with E-state index in [0.717, 1.165) is 43.7 Å². The molecule has 0 spiro atoms. The van der Waals surface area contributed by atoms with E-state index >= 15 is 0 Å². The van der Waals surface area contributed by atoms with Gasteiger partial charge in [0.25, 0.3) is 0 Å². The Hall–Kier alpha value is -0.750. The summed E-state index contributed by atoms with van der Waals surface area (Å²) in [6.07, 6.45) is 0.344. The molecule has 0 aliphatic carbocycles. The number of aromatic nitrogens is 1. The van der Waals surface area contributed by atoms with E-state index in [-0.39, 0.29) is 6.61 Å². The number of halogens is 3. The van der Waals surface area contributed by atoms with E-state index in [4.69, 9.17) is 5.11 Å². The lowest BCUT2D eigenvalue weighted by Gasteiger charge is -2.06. The maximum absolute atomic E-state index is 12.3. The molecule has 0 saturated carbocycles. The molecule has 2 nitrogen and oxygen atoms in total. The Balaban J connectivity index is 2.27. The predicted molar refractivity (Wildman–Crippen MR) is 65.5 cm³/mol. The molecular weight excluding hydrogens is 263 g/mol. The van der Waals surface area contributed by atoms with Crippen LogP contribution in [-0.4, -0.2) is 22.5 Å². The van der Waals surface area contributed by atoms with Gasteiger partial charge in [0, 0.05) is 12.8 Å². The summed E-state index contributed by atoms with van der Waals surface area (Å²) in [6.45, 7) is 0.216. The van der Waals surface area contributed by atoms with Crippen LogP contribution in [0.15, 0.2) is 23.4 Å². The number of hydrogen-bond donors (Lipinski definition) is 1. The summed E-state index contributed by atoms with van der Waals surface area (Å²) >= 11 is 1.46. The van der Waals surface area contributed by atoms with Gasteiger partial charge in [-0.3, -0.25) is 0 Å². The average Bonchev–Trinajstić information content (AvgIpc) is 2.33. The SMILES string of the molecule is OCCCCCCSc1ccc(C(F)(F)F)cn1. The van der Waals surface area contributed by atoms with Crippen molar-refractivity contribution in [2.45, 2.75) is 36.9 Å². The number of thioether (sulfide) groups is 1. The van der Waals surface area contributed by atoms with Crippen LogP contribution < -0.4 is 0 Å². The second kappa shape index (κ2) is 7.63. The Kier molecular flexibility index (Phi) is 6.49. The molecule has 0 aromatic carbocycles. The lowest BCUT2D eigenvalue weighted by molar-refractivity contribution is -0.137. The molecule has 1 aromatic heterocycles. The van der Waals surface area contributed by atoms with E-state index in [1.54, 1.807) is 0 Å². The van der Waals surface area contributed by atoms with Crippen molar-refractivity contribution in [2.75, 3.05) is 12.4 Å². The number of alkyl halides is 3. The molecule has 0 unspecified atom stereocenters. The van der Waals surface area contributed by atoms with Crippen molar-refractivity contribution in [1.82, 2.24) is 4.98 Å². The third-order valence-corrected chi connectivity index (χ3v) is 3.40. The fraction of sp³-hybridized carbons (Fsp3) is 0.583. The van der Waals surface area contributed by atoms with Crippen LogP contribution in [0.5, 0.6) is 0 Å². The Morgan fingerprint density at radius 2 is 1.83 bits per heavy atom. The van der Waals surface area contributed by atoms with Crippen molar-refractivity contribution >= 4 is 11.8 Å². The molecule has 6 heteroatoms. The van der Waals surface area contributed by atoms with Crippen LogP contribution in [-0.2, 0) is 6.18 Å². The second-order valence-corrected chi connectivity index (χ2v) is 4.98. The van der Waals surface area contributed by atoms with Gasteiger partial charge in [0.1, 0.15) is 0 Å². The third-order valence-electron chi connectivity index (χ3n) is 2.37. The molecule has 1 rings (SSSR count). The molecule has 0 amide bonds. The number of nitrogens with zero attached hydrogens (tertiary/aromatic N) is 1. The van der Waals surface area contributed by atoms with Gasteiger partial charge in [-0.2, -0.15) is 13.2 Å². The molecule has 1 N–H and O–H groups in total. The number of unbranched alkanes of at least 4 members (excludes halogenated alkanes) is 3. The highest BCUT2D eigenvalue weighted by Crippen LogP contribution is 2.29. The molecule has 0 fully saturated rings. The fourth-order valence-electron chi connectivity index (χ4n) is 1.38. The summed E-state index contributed by atoms with van der Waals surface area (Å²) < 4.78 is 36.8. The van der Waals surface area contributed by atoms with Crippen LogP contribution in [0.2, 0.25) is 0 Å². The summed E-state index contributed by atoms with van der Waals surface area (Å²) in [5.41, 5.74) is -0.713. The minimum atomic E-state index is -4.32. The molecule has 0 saturated heterocycles. The number of hydrogen-bond acceptors (Lipinski definition) is 3. The van der Waals surface area contributed by atoms with E-state index in [9.17, 15) is 13.2 Å². The highest BCUT2D eigenvalue weighted by molar-refractivity contribution is 7.99. The van der Waals surface area contributed by atoms with Crippen LogP contribution in [0.4, 0.5) is 13.2 Å². The first kappa shape index (κ1) is 15.3. The van der Waals surface area contributed by atoms with Gasteiger partial charge < -0.3 is 5.11 Å². The van der Waals surface area contributed by atoms with Crippen molar-refractivity contribution < 1.29 is 18.3 Å². The fourth-order valence-corrected chi connectivity index (χ4v) is 2.23. The summed E-state index contributed by atoms with van der Waals surface area (Å²) in [5, 5.41) is 9.20. The second-order valence-electron chi connectivity index (χ2n) is 3.87. The minimum absolute atomic E-state index is 0.216. The summed E-state index contributed by atoms with van der Waals surface area (Å²) in [4.78, 5) is 3.78. The Bertz CT molecular complexity index is 340.